The van der Waals surface area contributed by atoms with Crippen molar-refractivity contribution in [2.24, 2.45) is 5.92 Å². The van der Waals surface area contributed by atoms with Gasteiger partial charge in [0.2, 0.25) is 5.91 Å². The van der Waals surface area contributed by atoms with Crippen LogP contribution in [0.2, 0.25) is 0 Å². The van der Waals surface area contributed by atoms with Crippen molar-refractivity contribution in [2.75, 3.05) is 13.7 Å². The molecule has 2 aromatic carbocycles. The molecule has 2 aromatic rings. The second-order valence-corrected chi connectivity index (χ2v) is 7.53. The molecule has 1 aliphatic heterocycles. The number of amides is 1. The molecule has 1 aliphatic carbocycles. The van der Waals surface area contributed by atoms with Crippen molar-refractivity contribution in [3.63, 3.8) is 0 Å². The second kappa shape index (κ2) is 6.67. The van der Waals surface area contributed by atoms with E-state index in [1.165, 1.54) is 11.1 Å². The molecule has 2 aliphatic rings. The molecule has 0 spiro atoms. The number of fused-ring (bicyclic) bond motifs is 1. The van der Waals surface area contributed by atoms with Gasteiger partial charge >= 0.3 is 0 Å². The third-order valence-corrected chi connectivity index (χ3v) is 5.58. The highest BCUT2D eigenvalue weighted by Crippen LogP contribution is 2.40. The van der Waals surface area contributed by atoms with Gasteiger partial charge in [0.25, 0.3) is 0 Å². The fourth-order valence-corrected chi connectivity index (χ4v) is 3.76. The normalized spacial score (nSPS) is 19.8. The zero-order valence-electron chi connectivity index (χ0n) is 15.4. The first kappa shape index (κ1) is 17.0. The van der Waals surface area contributed by atoms with Gasteiger partial charge in [0.15, 0.2) is 11.5 Å². The molecule has 0 unspecified atom stereocenters. The molecule has 0 aromatic heterocycles. The number of nitrogens with one attached hydrogen (secondary N) is 1. The maximum absolute atomic E-state index is 12.9. The number of rotatable bonds is 5. The Bertz CT molecular complexity index is 826. The number of methoxy groups -OCH3 is 1. The molecule has 1 N–H and O–H groups in total. The number of ether oxygens (including phenoxy) is 2. The van der Waals surface area contributed by atoms with Crippen LogP contribution < -0.4 is 14.8 Å². The first-order valence-electron chi connectivity index (χ1n) is 9.25. The molecule has 1 atom stereocenters. The maximum atomic E-state index is 12.9. The molecule has 1 heterocycles. The van der Waals surface area contributed by atoms with Crippen molar-refractivity contribution >= 4 is 5.91 Å². The summed E-state index contributed by atoms with van der Waals surface area (Å²) in [4.78, 5) is 12.9. The minimum atomic E-state index is -0.149. The summed E-state index contributed by atoms with van der Waals surface area (Å²) < 4.78 is 11.2. The van der Waals surface area contributed by atoms with Crippen molar-refractivity contribution in [3.05, 3.63) is 59.2 Å². The average Bonchev–Trinajstić information content (AvgIpc) is 3.41. The van der Waals surface area contributed by atoms with E-state index in [1.54, 1.807) is 7.11 Å². The second-order valence-electron chi connectivity index (χ2n) is 7.53. The Morgan fingerprint density at radius 3 is 2.77 bits per heavy atom. The fraction of sp³-hybridized carbons (Fsp3) is 0.409. The zero-order valence-corrected chi connectivity index (χ0v) is 15.4. The molecule has 0 radical (unpaired) electrons. The van der Waals surface area contributed by atoms with E-state index in [0.717, 1.165) is 36.3 Å². The molecule has 1 amide bonds. The largest absolute Gasteiger partial charge is 0.493 e. The topological polar surface area (TPSA) is 47.6 Å². The Morgan fingerprint density at radius 2 is 2.04 bits per heavy atom. The zero-order chi connectivity index (χ0) is 18.1. The van der Waals surface area contributed by atoms with E-state index in [0.29, 0.717) is 13.0 Å². The predicted molar refractivity (Wildman–Crippen MR) is 101 cm³/mol. The van der Waals surface area contributed by atoms with Gasteiger partial charge in [-0.15, -0.1) is 0 Å². The Kier molecular flexibility index (Phi) is 4.35. The Labute approximate surface area is 154 Å². The number of hydrogen-bond acceptors (Lipinski definition) is 3. The summed E-state index contributed by atoms with van der Waals surface area (Å²) in [5, 5.41) is 3.32. The molecule has 1 saturated carbocycles. The Hall–Kier alpha value is -2.49. The summed E-state index contributed by atoms with van der Waals surface area (Å²) in [5.74, 6) is 1.47. The van der Waals surface area contributed by atoms with Crippen LogP contribution >= 0.6 is 0 Å². The maximum Gasteiger partial charge on any atom is 0.227 e. The van der Waals surface area contributed by atoms with Gasteiger partial charge < -0.3 is 14.8 Å². The van der Waals surface area contributed by atoms with Gasteiger partial charge in [-0.1, -0.05) is 36.4 Å². The number of carbonyl (C=O) groups is 1. The molecule has 0 bridgehead atoms. The van der Waals surface area contributed by atoms with Crippen molar-refractivity contribution in [1.82, 2.24) is 5.32 Å². The van der Waals surface area contributed by atoms with Crippen molar-refractivity contribution in [1.29, 1.82) is 0 Å². The van der Waals surface area contributed by atoms with Crippen LogP contribution in [-0.4, -0.2) is 25.2 Å². The summed E-state index contributed by atoms with van der Waals surface area (Å²) in [6, 6.07) is 14.3. The van der Waals surface area contributed by atoms with Crippen LogP contribution in [0, 0.1) is 12.8 Å². The van der Waals surface area contributed by atoms with Gasteiger partial charge in [0, 0.05) is 5.54 Å². The van der Waals surface area contributed by atoms with Gasteiger partial charge in [-0.05, 0) is 55.4 Å². The van der Waals surface area contributed by atoms with E-state index in [4.69, 9.17) is 9.47 Å². The van der Waals surface area contributed by atoms with Crippen LogP contribution in [0.5, 0.6) is 11.5 Å². The molecule has 4 nitrogen and oxygen atoms in total. The summed E-state index contributed by atoms with van der Waals surface area (Å²) in [5.41, 5.74) is 3.58. The van der Waals surface area contributed by atoms with Crippen LogP contribution in [0.3, 0.4) is 0 Å². The highest BCUT2D eigenvalue weighted by Gasteiger charge is 2.45. The van der Waals surface area contributed by atoms with Gasteiger partial charge in [0.05, 0.1) is 13.0 Å². The summed E-state index contributed by atoms with van der Waals surface area (Å²) in [6.07, 6.45) is 3.69. The van der Waals surface area contributed by atoms with Crippen molar-refractivity contribution < 1.29 is 14.3 Å². The lowest BCUT2D eigenvalue weighted by molar-refractivity contribution is -0.127. The monoisotopic (exact) mass is 351 g/mol. The standard InChI is InChI=1S/C22H25NO3/c1-15-6-3-4-7-17(15)13-22(10-11-22)23-21(24)18-12-16-8-5-9-19(25-2)20(16)26-14-18/h3-9,18H,10-14H2,1-2H3,(H,23,24)/t18-/m1/s1. The third-order valence-electron chi connectivity index (χ3n) is 5.58. The summed E-state index contributed by atoms with van der Waals surface area (Å²) in [6.45, 7) is 2.53. The molecular formula is C22H25NO3. The Balaban J connectivity index is 1.43. The van der Waals surface area contributed by atoms with Gasteiger partial charge in [-0.25, -0.2) is 0 Å². The lowest BCUT2D eigenvalue weighted by atomic mass is 9.94. The molecule has 136 valence electrons. The average molecular weight is 351 g/mol. The summed E-state index contributed by atoms with van der Waals surface area (Å²) in [7, 11) is 1.64. The van der Waals surface area contributed by atoms with Crippen LogP contribution in [-0.2, 0) is 17.6 Å². The van der Waals surface area contributed by atoms with E-state index in [-0.39, 0.29) is 17.4 Å². The van der Waals surface area contributed by atoms with Gasteiger partial charge in [-0.2, -0.15) is 0 Å². The third kappa shape index (κ3) is 3.28. The quantitative estimate of drug-likeness (QED) is 0.898. The molecule has 26 heavy (non-hydrogen) atoms. The van der Waals surface area contributed by atoms with Crippen molar-refractivity contribution in [3.8, 4) is 11.5 Å². The van der Waals surface area contributed by atoms with E-state index in [9.17, 15) is 4.79 Å². The lowest BCUT2D eigenvalue weighted by Crippen LogP contribution is -2.45. The fourth-order valence-electron chi connectivity index (χ4n) is 3.76. The minimum Gasteiger partial charge on any atom is -0.493 e. The van der Waals surface area contributed by atoms with E-state index >= 15 is 0 Å². The highest BCUT2D eigenvalue weighted by molar-refractivity contribution is 5.81. The van der Waals surface area contributed by atoms with Gasteiger partial charge in [-0.3, -0.25) is 4.79 Å². The lowest BCUT2D eigenvalue weighted by Gasteiger charge is -2.28. The van der Waals surface area contributed by atoms with E-state index in [2.05, 4.69) is 36.5 Å². The predicted octanol–water partition coefficient (Wildman–Crippen LogP) is 3.45. The first-order chi connectivity index (χ1) is 12.6. The van der Waals surface area contributed by atoms with E-state index < -0.39 is 0 Å². The number of hydrogen-bond donors (Lipinski definition) is 1. The van der Waals surface area contributed by atoms with Gasteiger partial charge in [0.1, 0.15) is 6.61 Å². The molecule has 1 fully saturated rings. The summed E-state index contributed by atoms with van der Waals surface area (Å²) >= 11 is 0. The van der Waals surface area contributed by atoms with Crippen LogP contribution in [0.25, 0.3) is 0 Å². The van der Waals surface area contributed by atoms with Crippen molar-refractivity contribution in [2.45, 2.75) is 38.1 Å². The van der Waals surface area contributed by atoms with Crippen LogP contribution in [0.1, 0.15) is 29.5 Å². The molecule has 4 heteroatoms. The molecule has 4 rings (SSSR count). The first-order valence-corrected chi connectivity index (χ1v) is 9.25. The van der Waals surface area contributed by atoms with E-state index in [1.807, 2.05) is 18.2 Å². The van der Waals surface area contributed by atoms with Crippen LogP contribution in [0.4, 0.5) is 0 Å². The van der Waals surface area contributed by atoms with Crippen LogP contribution in [0.15, 0.2) is 42.5 Å². The smallest absolute Gasteiger partial charge is 0.227 e. The molecular weight excluding hydrogens is 326 g/mol. The minimum absolute atomic E-state index is 0.0716. The SMILES string of the molecule is COc1cccc2c1OC[C@H](C(=O)NC1(Cc3ccccc3C)CC1)C2. The number of aryl methyl sites for hydroxylation is 1. The number of benzene rings is 2. The highest BCUT2D eigenvalue weighted by atomic mass is 16.5. The Morgan fingerprint density at radius 1 is 1.23 bits per heavy atom. The molecule has 0 saturated heterocycles. The number of carbonyl (C=O) groups excluding carboxylic acids is 1. The number of para-hydroxylation sites is 1.